The Bertz CT molecular complexity index is 696. The molecule has 3 amide bonds. The van der Waals surface area contributed by atoms with Crippen LogP contribution in [0.25, 0.3) is 0 Å². The normalized spacial score (nSPS) is 21.7. The fourth-order valence-electron chi connectivity index (χ4n) is 4.16. The van der Waals surface area contributed by atoms with E-state index in [9.17, 15) is 9.59 Å². The number of hydrogen-bond acceptors (Lipinski definition) is 3. The van der Waals surface area contributed by atoms with Gasteiger partial charge in [0.2, 0.25) is 5.91 Å². The molecule has 0 bridgehead atoms. The van der Waals surface area contributed by atoms with Gasteiger partial charge >= 0.3 is 6.03 Å². The zero-order valence-electron chi connectivity index (χ0n) is 16.6. The summed E-state index contributed by atoms with van der Waals surface area (Å²) in [6, 6.07) is 5.93. The molecule has 0 aromatic heterocycles. The van der Waals surface area contributed by atoms with Crippen LogP contribution in [0.1, 0.15) is 43.2 Å². The second-order valence-corrected chi connectivity index (χ2v) is 7.98. The van der Waals surface area contributed by atoms with Crippen LogP contribution in [0.3, 0.4) is 0 Å². The van der Waals surface area contributed by atoms with Crippen LogP contribution in [0.5, 0.6) is 0 Å². The van der Waals surface area contributed by atoms with Crippen molar-refractivity contribution >= 4 is 17.6 Å². The SMILES string of the molecule is CNC(=O)CC1CCOC2(CCN(C(=O)Nc3ccc(C)c(C)c3)CC2)C1. The summed E-state index contributed by atoms with van der Waals surface area (Å²) in [5, 5.41) is 5.72. The number of rotatable bonds is 3. The Labute approximate surface area is 161 Å². The minimum absolute atomic E-state index is 0.0502. The summed E-state index contributed by atoms with van der Waals surface area (Å²) >= 11 is 0. The maximum absolute atomic E-state index is 12.6. The van der Waals surface area contributed by atoms with Gasteiger partial charge in [-0.3, -0.25) is 4.79 Å². The first kappa shape index (κ1) is 19.7. The van der Waals surface area contributed by atoms with E-state index < -0.39 is 0 Å². The summed E-state index contributed by atoms with van der Waals surface area (Å²) in [4.78, 5) is 26.2. The number of hydrogen-bond donors (Lipinski definition) is 2. The average molecular weight is 373 g/mol. The second-order valence-electron chi connectivity index (χ2n) is 7.98. The highest BCUT2D eigenvalue weighted by molar-refractivity contribution is 5.89. The summed E-state index contributed by atoms with van der Waals surface area (Å²) in [6.45, 7) is 6.18. The quantitative estimate of drug-likeness (QED) is 0.854. The Kier molecular flexibility index (Phi) is 6.05. The largest absolute Gasteiger partial charge is 0.375 e. The summed E-state index contributed by atoms with van der Waals surface area (Å²) in [6.07, 6.45) is 4.08. The number of benzene rings is 1. The van der Waals surface area contributed by atoms with Crippen molar-refractivity contribution in [3.05, 3.63) is 29.3 Å². The zero-order chi connectivity index (χ0) is 19.4. The first-order valence-corrected chi connectivity index (χ1v) is 9.88. The summed E-state index contributed by atoms with van der Waals surface area (Å²) < 4.78 is 6.14. The number of nitrogens with zero attached hydrogens (tertiary/aromatic N) is 1. The molecule has 3 rings (SSSR count). The van der Waals surface area contributed by atoms with E-state index >= 15 is 0 Å². The Morgan fingerprint density at radius 3 is 2.63 bits per heavy atom. The van der Waals surface area contributed by atoms with Crippen LogP contribution in [0.2, 0.25) is 0 Å². The molecule has 1 atom stereocenters. The lowest BCUT2D eigenvalue weighted by Crippen LogP contribution is -2.51. The number of carbonyl (C=O) groups excluding carboxylic acids is 2. The van der Waals surface area contributed by atoms with Crippen LogP contribution in [0, 0.1) is 19.8 Å². The summed E-state index contributed by atoms with van der Waals surface area (Å²) in [5.41, 5.74) is 3.05. The van der Waals surface area contributed by atoms with Crippen molar-refractivity contribution in [3.63, 3.8) is 0 Å². The fourth-order valence-corrected chi connectivity index (χ4v) is 4.16. The third-order valence-electron chi connectivity index (χ3n) is 6.07. The fraction of sp³-hybridized carbons (Fsp3) is 0.619. The van der Waals surface area contributed by atoms with Crippen molar-refractivity contribution in [3.8, 4) is 0 Å². The van der Waals surface area contributed by atoms with Crippen molar-refractivity contribution in [2.45, 2.75) is 51.6 Å². The molecule has 1 aromatic rings. The number of anilines is 1. The minimum Gasteiger partial charge on any atom is -0.375 e. The van der Waals surface area contributed by atoms with Crippen LogP contribution < -0.4 is 10.6 Å². The number of aryl methyl sites for hydroxylation is 2. The Balaban J connectivity index is 1.53. The van der Waals surface area contributed by atoms with E-state index in [1.807, 2.05) is 30.0 Å². The van der Waals surface area contributed by atoms with Gasteiger partial charge in [-0.2, -0.15) is 0 Å². The Hall–Kier alpha value is -2.08. The molecule has 2 aliphatic heterocycles. The Morgan fingerprint density at radius 2 is 1.96 bits per heavy atom. The topological polar surface area (TPSA) is 70.7 Å². The molecule has 6 nitrogen and oxygen atoms in total. The molecule has 0 saturated carbocycles. The zero-order valence-corrected chi connectivity index (χ0v) is 16.6. The van der Waals surface area contributed by atoms with E-state index in [0.717, 1.165) is 31.4 Å². The first-order valence-electron chi connectivity index (χ1n) is 9.88. The third kappa shape index (κ3) is 4.80. The van der Waals surface area contributed by atoms with Crippen LogP contribution >= 0.6 is 0 Å². The number of likely N-dealkylation sites (tertiary alicyclic amines) is 1. The molecule has 2 N–H and O–H groups in total. The number of carbonyl (C=O) groups is 2. The molecule has 148 valence electrons. The van der Waals surface area contributed by atoms with Gasteiger partial charge in [-0.15, -0.1) is 0 Å². The Morgan fingerprint density at radius 1 is 1.22 bits per heavy atom. The summed E-state index contributed by atoms with van der Waals surface area (Å²) in [5.74, 6) is 0.469. The van der Waals surface area contributed by atoms with Gasteiger partial charge in [0, 0.05) is 38.9 Å². The second kappa shape index (κ2) is 8.30. The number of ether oxygens (including phenoxy) is 1. The lowest BCUT2D eigenvalue weighted by Gasteiger charge is -2.46. The van der Waals surface area contributed by atoms with Gasteiger partial charge in [0.25, 0.3) is 0 Å². The maximum atomic E-state index is 12.6. The van der Waals surface area contributed by atoms with Gasteiger partial charge < -0.3 is 20.3 Å². The van der Waals surface area contributed by atoms with Gasteiger partial charge in [-0.25, -0.2) is 4.79 Å². The van der Waals surface area contributed by atoms with E-state index in [-0.39, 0.29) is 17.5 Å². The van der Waals surface area contributed by atoms with Crippen molar-refractivity contribution < 1.29 is 14.3 Å². The molecular formula is C21H31N3O3. The van der Waals surface area contributed by atoms with Crippen LogP contribution in [-0.4, -0.2) is 49.2 Å². The van der Waals surface area contributed by atoms with Gasteiger partial charge in [0.15, 0.2) is 0 Å². The molecule has 27 heavy (non-hydrogen) atoms. The highest BCUT2D eigenvalue weighted by Crippen LogP contribution is 2.38. The van der Waals surface area contributed by atoms with Gasteiger partial charge in [-0.05, 0) is 68.7 Å². The van der Waals surface area contributed by atoms with E-state index in [0.29, 0.717) is 32.0 Å². The molecular weight excluding hydrogens is 342 g/mol. The molecule has 1 unspecified atom stereocenters. The molecule has 2 saturated heterocycles. The molecule has 6 heteroatoms. The van der Waals surface area contributed by atoms with E-state index in [1.54, 1.807) is 7.05 Å². The van der Waals surface area contributed by atoms with Crippen molar-refractivity contribution in [2.75, 3.05) is 32.1 Å². The predicted octanol–water partition coefficient (Wildman–Crippen LogP) is 3.23. The smallest absolute Gasteiger partial charge is 0.321 e. The lowest BCUT2D eigenvalue weighted by atomic mass is 9.78. The van der Waals surface area contributed by atoms with Gasteiger partial charge in [0.1, 0.15) is 0 Å². The maximum Gasteiger partial charge on any atom is 0.321 e. The molecule has 2 fully saturated rings. The molecule has 2 heterocycles. The van der Waals surface area contributed by atoms with E-state index in [4.69, 9.17) is 4.74 Å². The number of piperidine rings is 1. The van der Waals surface area contributed by atoms with Crippen LogP contribution in [0.15, 0.2) is 18.2 Å². The highest BCUT2D eigenvalue weighted by Gasteiger charge is 2.41. The summed E-state index contributed by atoms with van der Waals surface area (Å²) in [7, 11) is 1.68. The number of nitrogens with one attached hydrogen (secondary N) is 2. The van der Waals surface area contributed by atoms with Gasteiger partial charge in [-0.1, -0.05) is 6.07 Å². The molecule has 2 aliphatic rings. The average Bonchev–Trinajstić information content (AvgIpc) is 2.65. The molecule has 1 aromatic carbocycles. The minimum atomic E-state index is -0.172. The van der Waals surface area contributed by atoms with Crippen molar-refractivity contribution in [1.29, 1.82) is 0 Å². The van der Waals surface area contributed by atoms with E-state index in [2.05, 4.69) is 17.6 Å². The third-order valence-corrected chi connectivity index (χ3v) is 6.07. The molecule has 1 spiro atoms. The first-order chi connectivity index (χ1) is 12.9. The van der Waals surface area contributed by atoms with Crippen LogP contribution in [0.4, 0.5) is 10.5 Å². The standard InChI is InChI=1S/C21H31N3O3/c1-15-4-5-18(12-16(15)2)23-20(26)24-9-7-21(8-10-24)14-17(6-11-27-21)13-19(25)22-3/h4-5,12,17H,6-11,13-14H2,1-3H3,(H,22,25)(H,23,26). The van der Waals surface area contributed by atoms with E-state index in [1.165, 1.54) is 11.1 Å². The number of amides is 3. The lowest BCUT2D eigenvalue weighted by molar-refractivity contribution is -0.133. The molecule has 0 radical (unpaired) electrons. The highest BCUT2D eigenvalue weighted by atomic mass is 16.5. The monoisotopic (exact) mass is 373 g/mol. The van der Waals surface area contributed by atoms with Crippen molar-refractivity contribution in [1.82, 2.24) is 10.2 Å². The van der Waals surface area contributed by atoms with Gasteiger partial charge in [0.05, 0.1) is 5.60 Å². The molecule has 0 aliphatic carbocycles. The predicted molar refractivity (Wildman–Crippen MR) is 106 cm³/mol. The van der Waals surface area contributed by atoms with Crippen molar-refractivity contribution in [2.24, 2.45) is 5.92 Å². The van der Waals surface area contributed by atoms with Crippen LogP contribution in [-0.2, 0) is 9.53 Å². The number of urea groups is 1.